The van der Waals surface area contributed by atoms with Crippen molar-refractivity contribution in [1.82, 2.24) is 0 Å². The zero-order chi connectivity index (χ0) is 29.2. The summed E-state index contributed by atoms with van der Waals surface area (Å²) >= 11 is 0. The minimum atomic E-state index is -1.08. The van der Waals surface area contributed by atoms with E-state index < -0.39 is 17.8 Å². The van der Waals surface area contributed by atoms with E-state index in [0.717, 1.165) is 19.3 Å². The fourth-order valence-corrected chi connectivity index (χ4v) is 4.82. The first-order chi connectivity index (χ1) is 19.0. The van der Waals surface area contributed by atoms with E-state index in [2.05, 4.69) is 31.4 Å². The molecule has 1 aliphatic rings. The molecule has 0 radical (unpaired) electrons. The van der Waals surface area contributed by atoms with Gasteiger partial charge in [-0.05, 0) is 67.0 Å². The molecular formula is C30H38N2O8. The molecule has 0 bridgehead atoms. The van der Waals surface area contributed by atoms with Crippen molar-refractivity contribution >= 4 is 35.1 Å². The van der Waals surface area contributed by atoms with Crippen molar-refractivity contribution in [1.29, 1.82) is 0 Å². The number of rotatable bonds is 12. The highest BCUT2D eigenvalue weighted by atomic mass is 16.5. The number of esters is 1. The molecule has 1 saturated carbocycles. The van der Waals surface area contributed by atoms with Crippen LogP contribution in [-0.2, 0) is 23.9 Å². The molecule has 1 aliphatic carbocycles. The second-order valence-corrected chi connectivity index (χ2v) is 10.5. The van der Waals surface area contributed by atoms with Crippen LogP contribution in [-0.4, -0.2) is 48.7 Å². The maximum absolute atomic E-state index is 13.0. The van der Waals surface area contributed by atoms with Crippen LogP contribution in [0.25, 0.3) is 0 Å². The third-order valence-corrected chi connectivity index (χ3v) is 7.01. The molecule has 216 valence electrons. The van der Waals surface area contributed by atoms with Crippen LogP contribution in [0.1, 0.15) is 63.2 Å². The van der Waals surface area contributed by atoms with Crippen LogP contribution in [0.4, 0.5) is 11.4 Å². The van der Waals surface area contributed by atoms with Gasteiger partial charge in [0.25, 0.3) is 0 Å². The van der Waals surface area contributed by atoms with E-state index in [1.54, 1.807) is 42.5 Å². The molecule has 1 fully saturated rings. The minimum absolute atomic E-state index is 0.00711. The first-order valence-electron chi connectivity index (χ1n) is 13.5. The molecule has 40 heavy (non-hydrogen) atoms. The average Bonchev–Trinajstić information content (AvgIpc) is 2.92. The number of carboxylic acids is 1. The maximum Gasteiger partial charge on any atom is 0.337 e. The molecule has 0 spiro atoms. The molecule has 3 rings (SSSR count). The van der Waals surface area contributed by atoms with Crippen LogP contribution in [0, 0.1) is 17.8 Å². The van der Waals surface area contributed by atoms with E-state index in [9.17, 15) is 19.2 Å². The molecule has 2 aromatic rings. The van der Waals surface area contributed by atoms with Crippen molar-refractivity contribution < 1.29 is 38.5 Å². The fraction of sp³-hybridized carbons (Fsp3) is 0.467. The van der Waals surface area contributed by atoms with Gasteiger partial charge < -0.3 is 30.0 Å². The van der Waals surface area contributed by atoms with Gasteiger partial charge in [-0.2, -0.15) is 0 Å². The zero-order valence-electron chi connectivity index (χ0n) is 23.4. The van der Waals surface area contributed by atoms with Gasteiger partial charge in [-0.25, -0.2) is 4.79 Å². The van der Waals surface area contributed by atoms with Crippen LogP contribution in [0.3, 0.4) is 0 Å². The SMILES string of the molecule is COC(=O)c1ccc(Oc2ccc(NC(=O)CCC(=O)O)c(NC(=O)COC3CC(C)CCC3C(C)C)c2)cc1. The quantitative estimate of drug-likeness (QED) is 0.293. The monoisotopic (exact) mass is 554 g/mol. The summed E-state index contributed by atoms with van der Waals surface area (Å²) in [7, 11) is 1.30. The van der Waals surface area contributed by atoms with Crippen molar-refractivity contribution in [2.45, 2.75) is 59.0 Å². The van der Waals surface area contributed by atoms with E-state index in [0.29, 0.717) is 40.5 Å². The van der Waals surface area contributed by atoms with Crippen molar-refractivity contribution in [2.75, 3.05) is 24.4 Å². The normalized spacial score (nSPS) is 18.6. The van der Waals surface area contributed by atoms with E-state index >= 15 is 0 Å². The summed E-state index contributed by atoms with van der Waals surface area (Å²) in [6.07, 6.45) is 2.58. The zero-order valence-corrected chi connectivity index (χ0v) is 23.4. The molecule has 0 heterocycles. The smallest absolute Gasteiger partial charge is 0.337 e. The Labute approximate surface area is 234 Å². The van der Waals surface area contributed by atoms with E-state index in [-0.39, 0.29) is 37.1 Å². The van der Waals surface area contributed by atoms with Gasteiger partial charge in [0.2, 0.25) is 11.8 Å². The number of hydrogen-bond donors (Lipinski definition) is 3. The largest absolute Gasteiger partial charge is 0.481 e. The van der Waals surface area contributed by atoms with Crippen LogP contribution < -0.4 is 15.4 Å². The number of carbonyl (C=O) groups excluding carboxylic acids is 3. The number of nitrogens with one attached hydrogen (secondary N) is 2. The van der Waals surface area contributed by atoms with Crippen LogP contribution in [0.15, 0.2) is 42.5 Å². The van der Waals surface area contributed by atoms with Gasteiger partial charge in [0.1, 0.15) is 18.1 Å². The number of hydrogen-bond acceptors (Lipinski definition) is 7. The van der Waals surface area contributed by atoms with Crippen molar-refractivity contribution in [3.05, 3.63) is 48.0 Å². The standard InChI is InChI=1S/C30H38N2O8/c1-18(2)23-11-5-19(3)15-26(23)39-17-28(34)32-25-16-22(10-12-24(25)31-27(33)13-14-29(35)36)40-21-8-6-20(7-9-21)30(37)38-4/h6-10,12,16,18-19,23,26H,5,11,13-15,17H2,1-4H3,(H,31,33)(H,32,34)(H,35,36). The van der Waals surface area contributed by atoms with Crippen LogP contribution >= 0.6 is 0 Å². The summed E-state index contributed by atoms with van der Waals surface area (Å²) in [6, 6.07) is 11.1. The van der Waals surface area contributed by atoms with Gasteiger partial charge in [-0.15, -0.1) is 0 Å². The Morgan fingerprint density at radius 2 is 1.60 bits per heavy atom. The van der Waals surface area contributed by atoms with Gasteiger partial charge in [0.15, 0.2) is 0 Å². The second kappa shape index (κ2) is 14.5. The Morgan fingerprint density at radius 1 is 0.925 bits per heavy atom. The Morgan fingerprint density at radius 3 is 2.25 bits per heavy atom. The van der Waals surface area contributed by atoms with Crippen molar-refractivity contribution in [3.8, 4) is 11.5 Å². The maximum atomic E-state index is 13.0. The molecular weight excluding hydrogens is 516 g/mol. The lowest BCUT2D eigenvalue weighted by Crippen LogP contribution is -2.36. The summed E-state index contributed by atoms with van der Waals surface area (Å²) < 4.78 is 16.7. The van der Waals surface area contributed by atoms with Crippen molar-refractivity contribution in [3.63, 3.8) is 0 Å². The van der Waals surface area contributed by atoms with Gasteiger partial charge in [-0.1, -0.05) is 27.2 Å². The Hall–Kier alpha value is -3.92. The van der Waals surface area contributed by atoms with Gasteiger partial charge in [0.05, 0.1) is 36.6 Å². The lowest BCUT2D eigenvalue weighted by Gasteiger charge is -2.37. The summed E-state index contributed by atoms with van der Waals surface area (Å²) in [5.41, 5.74) is 0.941. The number of carboxylic acid groups (broad SMARTS) is 1. The molecule has 2 aromatic carbocycles. The molecule has 0 saturated heterocycles. The highest BCUT2D eigenvalue weighted by molar-refractivity contribution is 6.00. The second-order valence-electron chi connectivity index (χ2n) is 10.5. The molecule has 0 aromatic heterocycles. The highest BCUT2D eigenvalue weighted by Gasteiger charge is 2.31. The number of carbonyl (C=O) groups is 4. The number of amides is 2. The number of ether oxygens (including phenoxy) is 3. The summed E-state index contributed by atoms with van der Waals surface area (Å²) in [6.45, 7) is 6.39. The predicted molar refractivity (Wildman–Crippen MR) is 150 cm³/mol. The van der Waals surface area contributed by atoms with E-state index in [4.69, 9.17) is 19.3 Å². The molecule has 10 heteroatoms. The molecule has 3 atom stereocenters. The summed E-state index contributed by atoms with van der Waals surface area (Å²) in [5.74, 6) is -0.267. The third-order valence-electron chi connectivity index (χ3n) is 7.01. The van der Waals surface area contributed by atoms with Crippen molar-refractivity contribution in [2.24, 2.45) is 17.8 Å². The molecule has 10 nitrogen and oxygen atoms in total. The summed E-state index contributed by atoms with van der Waals surface area (Å²) in [4.78, 5) is 47.8. The van der Waals surface area contributed by atoms with Gasteiger partial charge in [-0.3, -0.25) is 14.4 Å². The predicted octanol–water partition coefficient (Wildman–Crippen LogP) is 5.48. The Kier molecular flexibility index (Phi) is 11.1. The molecule has 2 amide bonds. The Balaban J connectivity index is 1.74. The number of methoxy groups -OCH3 is 1. The van der Waals surface area contributed by atoms with E-state index in [1.165, 1.54) is 7.11 Å². The lowest BCUT2D eigenvalue weighted by molar-refractivity contribution is -0.138. The number of anilines is 2. The van der Waals surface area contributed by atoms with Crippen LogP contribution in [0.2, 0.25) is 0 Å². The highest BCUT2D eigenvalue weighted by Crippen LogP contribution is 2.35. The average molecular weight is 555 g/mol. The van der Waals surface area contributed by atoms with Crippen LogP contribution in [0.5, 0.6) is 11.5 Å². The molecule has 3 N–H and O–H groups in total. The third kappa shape index (κ3) is 9.08. The number of aliphatic carboxylic acids is 1. The fourth-order valence-electron chi connectivity index (χ4n) is 4.82. The summed E-state index contributed by atoms with van der Waals surface area (Å²) in [5, 5.41) is 14.3. The lowest BCUT2D eigenvalue weighted by atomic mass is 9.75. The van der Waals surface area contributed by atoms with E-state index in [1.807, 2.05) is 0 Å². The van der Waals surface area contributed by atoms with Gasteiger partial charge in [0, 0.05) is 12.5 Å². The first kappa shape index (κ1) is 30.6. The topological polar surface area (TPSA) is 140 Å². The molecule has 0 aliphatic heterocycles. The number of benzene rings is 2. The first-order valence-corrected chi connectivity index (χ1v) is 13.5. The Bertz CT molecular complexity index is 1190. The minimum Gasteiger partial charge on any atom is -0.481 e. The van der Waals surface area contributed by atoms with Gasteiger partial charge >= 0.3 is 11.9 Å². The molecule has 3 unspecified atom stereocenters.